The smallest absolute Gasteiger partial charge is 0.339 e. The van der Waals surface area contributed by atoms with Crippen LogP contribution >= 0.6 is 0 Å². The van der Waals surface area contributed by atoms with Gasteiger partial charge in [-0.25, -0.2) is 9.18 Å². The van der Waals surface area contributed by atoms with E-state index < -0.39 is 5.97 Å². The van der Waals surface area contributed by atoms with Crippen molar-refractivity contribution < 1.29 is 14.3 Å². The molecule has 0 aliphatic heterocycles. The van der Waals surface area contributed by atoms with Gasteiger partial charge in [-0.3, -0.25) is 0 Å². The molecule has 104 valence electrons. The van der Waals surface area contributed by atoms with E-state index in [0.29, 0.717) is 16.9 Å². The average Bonchev–Trinajstić information content (AvgIpc) is 2.41. The second-order valence-corrected chi connectivity index (χ2v) is 4.45. The van der Waals surface area contributed by atoms with E-state index in [4.69, 9.17) is 0 Å². The number of rotatable bonds is 3. The highest BCUT2D eigenvalue weighted by Gasteiger charge is 2.21. The molecule has 1 aromatic carbocycles. The monoisotopic (exact) mass is 275 g/mol. The average molecular weight is 275 g/mol. The summed E-state index contributed by atoms with van der Waals surface area (Å²) in [6.45, 7) is 3.39. The Morgan fingerprint density at radius 3 is 2.35 bits per heavy atom. The maximum absolute atomic E-state index is 12.9. The third kappa shape index (κ3) is 2.45. The predicted octanol–water partition coefficient (Wildman–Crippen LogP) is 2.70. The van der Waals surface area contributed by atoms with Gasteiger partial charge in [0, 0.05) is 12.7 Å². The van der Waals surface area contributed by atoms with Gasteiger partial charge in [0.2, 0.25) is 0 Å². The Bertz CT molecular complexity index is 656. The normalized spacial score (nSPS) is 10.4. The summed E-state index contributed by atoms with van der Waals surface area (Å²) in [5.74, 6) is -1.19. The lowest BCUT2D eigenvalue weighted by Crippen LogP contribution is -2.18. The van der Waals surface area contributed by atoms with Crippen LogP contribution in [0.2, 0.25) is 0 Å². The minimum absolute atomic E-state index is 0.101. The highest BCUT2D eigenvalue weighted by atomic mass is 19.1. The first-order valence-corrected chi connectivity index (χ1v) is 5.98. The minimum atomic E-state index is -1.07. The van der Waals surface area contributed by atoms with E-state index in [1.165, 1.54) is 12.1 Å². The number of carboxylic acids is 1. The van der Waals surface area contributed by atoms with Crippen LogP contribution in [0.1, 0.15) is 21.6 Å². The number of aromatic nitrogens is 2. The van der Waals surface area contributed by atoms with E-state index in [9.17, 15) is 14.3 Å². The van der Waals surface area contributed by atoms with Gasteiger partial charge in [-0.15, -0.1) is 5.10 Å². The van der Waals surface area contributed by atoms with Crippen molar-refractivity contribution in [1.29, 1.82) is 0 Å². The second kappa shape index (κ2) is 5.24. The zero-order chi connectivity index (χ0) is 14.9. The number of nitrogens with zero attached hydrogens (tertiary/aromatic N) is 3. The summed E-state index contributed by atoms with van der Waals surface area (Å²) in [7, 11) is 1.67. The van der Waals surface area contributed by atoms with Crippen LogP contribution in [0.25, 0.3) is 0 Å². The number of hydrogen-bond acceptors (Lipinski definition) is 4. The molecule has 0 saturated heterocycles. The summed E-state index contributed by atoms with van der Waals surface area (Å²) in [5.41, 5.74) is 1.87. The van der Waals surface area contributed by atoms with E-state index in [1.807, 2.05) is 0 Å². The number of halogens is 1. The SMILES string of the molecule is Cc1nnc(N(C)c2ccc(F)cc2)c(C(=O)O)c1C. The number of carbonyl (C=O) groups is 1. The number of carboxylic acid groups (broad SMARTS) is 1. The van der Waals surface area contributed by atoms with E-state index in [-0.39, 0.29) is 17.2 Å². The van der Waals surface area contributed by atoms with Crippen LogP contribution in [0.4, 0.5) is 15.9 Å². The van der Waals surface area contributed by atoms with Gasteiger partial charge in [0.15, 0.2) is 5.82 Å². The maximum Gasteiger partial charge on any atom is 0.339 e. The van der Waals surface area contributed by atoms with Gasteiger partial charge in [0.25, 0.3) is 0 Å². The Hall–Kier alpha value is -2.50. The molecule has 0 aliphatic rings. The first kappa shape index (κ1) is 13.9. The van der Waals surface area contributed by atoms with Crippen molar-refractivity contribution in [1.82, 2.24) is 10.2 Å². The van der Waals surface area contributed by atoms with Crippen LogP contribution < -0.4 is 4.90 Å². The van der Waals surface area contributed by atoms with E-state index >= 15 is 0 Å². The van der Waals surface area contributed by atoms with Crippen LogP contribution in [-0.2, 0) is 0 Å². The summed E-state index contributed by atoms with van der Waals surface area (Å²) in [4.78, 5) is 13.0. The molecule has 20 heavy (non-hydrogen) atoms. The standard InChI is InChI=1S/C14H14FN3O2/c1-8-9(2)16-17-13(12(8)14(19)20)18(3)11-6-4-10(15)5-7-11/h4-7H,1-3H3,(H,19,20). The number of benzene rings is 1. The Morgan fingerprint density at radius 2 is 1.80 bits per heavy atom. The molecule has 0 bridgehead atoms. The Balaban J connectivity index is 2.54. The molecule has 2 rings (SSSR count). The second-order valence-electron chi connectivity index (χ2n) is 4.45. The maximum atomic E-state index is 12.9. The van der Waals surface area contributed by atoms with Gasteiger partial charge < -0.3 is 10.0 Å². The highest BCUT2D eigenvalue weighted by Crippen LogP contribution is 2.27. The lowest BCUT2D eigenvalue weighted by atomic mass is 10.1. The molecular formula is C14H14FN3O2. The first-order chi connectivity index (χ1) is 9.41. The van der Waals surface area contributed by atoms with Crippen LogP contribution in [0.3, 0.4) is 0 Å². The number of aryl methyl sites for hydroxylation is 1. The molecule has 0 unspecified atom stereocenters. The summed E-state index contributed by atoms with van der Waals surface area (Å²) in [5, 5.41) is 17.3. The van der Waals surface area contributed by atoms with E-state index in [2.05, 4.69) is 10.2 Å². The molecule has 0 atom stereocenters. The fourth-order valence-corrected chi connectivity index (χ4v) is 1.87. The predicted molar refractivity (Wildman–Crippen MR) is 72.9 cm³/mol. The van der Waals surface area contributed by atoms with Crippen molar-refractivity contribution in [2.45, 2.75) is 13.8 Å². The first-order valence-electron chi connectivity index (χ1n) is 5.98. The van der Waals surface area contributed by atoms with Crippen molar-refractivity contribution in [3.63, 3.8) is 0 Å². The van der Waals surface area contributed by atoms with Crippen LogP contribution in [0, 0.1) is 19.7 Å². The molecular weight excluding hydrogens is 261 g/mol. The topological polar surface area (TPSA) is 66.3 Å². The summed E-state index contributed by atoms with van der Waals surface area (Å²) in [6, 6.07) is 5.72. The quantitative estimate of drug-likeness (QED) is 0.932. The third-order valence-electron chi connectivity index (χ3n) is 3.18. The molecule has 6 heteroatoms. The summed E-state index contributed by atoms with van der Waals surface area (Å²) < 4.78 is 12.9. The summed E-state index contributed by atoms with van der Waals surface area (Å²) >= 11 is 0. The largest absolute Gasteiger partial charge is 0.478 e. The van der Waals surface area contributed by atoms with Gasteiger partial charge in [0.05, 0.1) is 5.69 Å². The van der Waals surface area contributed by atoms with Gasteiger partial charge in [0.1, 0.15) is 11.4 Å². The molecule has 0 fully saturated rings. The molecule has 5 nitrogen and oxygen atoms in total. The molecule has 1 heterocycles. The zero-order valence-corrected chi connectivity index (χ0v) is 11.4. The Kier molecular flexibility index (Phi) is 3.65. The van der Waals surface area contributed by atoms with Gasteiger partial charge >= 0.3 is 5.97 Å². The number of hydrogen-bond donors (Lipinski definition) is 1. The fourth-order valence-electron chi connectivity index (χ4n) is 1.87. The van der Waals surface area contributed by atoms with E-state index in [0.717, 1.165) is 0 Å². The lowest BCUT2D eigenvalue weighted by Gasteiger charge is -2.20. The van der Waals surface area contributed by atoms with Crippen molar-refractivity contribution in [3.8, 4) is 0 Å². The molecule has 0 radical (unpaired) electrons. The molecule has 2 aromatic rings. The summed E-state index contributed by atoms with van der Waals surface area (Å²) in [6.07, 6.45) is 0. The number of anilines is 2. The van der Waals surface area contributed by atoms with Crippen molar-refractivity contribution in [2.75, 3.05) is 11.9 Å². The lowest BCUT2D eigenvalue weighted by molar-refractivity contribution is 0.0696. The van der Waals surface area contributed by atoms with Crippen LogP contribution in [-0.4, -0.2) is 28.3 Å². The Labute approximate surface area is 115 Å². The fraction of sp³-hybridized carbons (Fsp3) is 0.214. The van der Waals surface area contributed by atoms with Crippen molar-refractivity contribution in [3.05, 3.63) is 46.9 Å². The van der Waals surface area contributed by atoms with Crippen molar-refractivity contribution in [2.24, 2.45) is 0 Å². The van der Waals surface area contributed by atoms with Crippen LogP contribution in [0.15, 0.2) is 24.3 Å². The van der Waals surface area contributed by atoms with Gasteiger partial charge in [-0.1, -0.05) is 0 Å². The molecule has 1 N–H and O–H groups in total. The molecule has 0 spiro atoms. The molecule has 0 aliphatic carbocycles. The van der Waals surface area contributed by atoms with Crippen LogP contribution in [0.5, 0.6) is 0 Å². The molecule has 1 aromatic heterocycles. The van der Waals surface area contributed by atoms with Gasteiger partial charge in [-0.2, -0.15) is 5.10 Å². The zero-order valence-electron chi connectivity index (χ0n) is 11.4. The Morgan fingerprint density at radius 1 is 1.20 bits per heavy atom. The minimum Gasteiger partial charge on any atom is -0.478 e. The molecule has 0 saturated carbocycles. The molecule has 0 amide bonds. The van der Waals surface area contributed by atoms with Crippen molar-refractivity contribution >= 4 is 17.5 Å². The number of aromatic carboxylic acids is 1. The third-order valence-corrected chi connectivity index (χ3v) is 3.18. The highest BCUT2D eigenvalue weighted by molar-refractivity contribution is 5.96. The van der Waals surface area contributed by atoms with Gasteiger partial charge in [-0.05, 0) is 43.7 Å². The van der Waals surface area contributed by atoms with E-state index in [1.54, 1.807) is 37.9 Å².